The molecule has 1 unspecified atom stereocenters. The van der Waals surface area contributed by atoms with Crippen LogP contribution in [0.1, 0.15) is 19.3 Å². The van der Waals surface area contributed by atoms with E-state index in [1.54, 1.807) is 0 Å². The predicted octanol–water partition coefficient (Wildman–Crippen LogP) is -0.310. The van der Waals surface area contributed by atoms with Gasteiger partial charge in [0.2, 0.25) is 0 Å². The Balaban J connectivity index is 2.31. The predicted molar refractivity (Wildman–Crippen MR) is 37.7 cm³/mol. The summed E-state index contributed by atoms with van der Waals surface area (Å²) in [6, 6.07) is -0.0706. The van der Waals surface area contributed by atoms with Crippen molar-refractivity contribution in [3.63, 3.8) is 0 Å². The Kier molecular flexibility index (Phi) is 2.83. The normalized spacial score (nSPS) is 26.3. The molecular weight excluding hydrogens is 130 g/mol. The lowest BCUT2D eigenvalue weighted by molar-refractivity contribution is -0.124. The maximum atomic E-state index is 10.9. The number of hydrogen-bond donors (Lipinski definition) is 2. The van der Waals surface area contributed by atoms with Gasteiger partial charge in [0.05, 0.1) is 6.04 Å². The van der Waals surface area contributed by atoms with Crippen LogP contribution in [0.5, 0.6) is 0 Å². The highest BCUT2D eigenvalue weighted by Crippen LogP contribution is 2.06. The lowest BCUT2D eigenvalue weighted by Crippen LogP contribution is -2.41. The number of carbonyl (C=O) groups excluding carboxylic acids is 1. The van der Waals surface area contributed by atoms with Gasteiger partial charge < -0.3 is 10.4 Å². The fraction of sp³-hybridized carbons (Fsp3) is 0.857. The van der Waals surface area contributed by atoms with Gasteiger partial charge in [0.15, 0.2) is 5.78 Å². The van der Waals surface area contributed by atoms with Crippen molar-refractivity contribution in [1.82, 2.24) is 5.32 Å². The van der Waals surface area contributed by atoms with E-state index in [1.807, 2.05) is 0 Å². The van der Waals surface area contributed by atoms with Crippen LogP contribution in [0, 0.1) is 0 Å². The molecule has 1 atom stereocenters. The van der Waals surface area contributed by atoms with Gasteiger partial charge in [-0.25, -0.2) is 0 Å². The summed E-state index contributed by atoms with van der Waals surface area (Å²) < 4.78 is 0. The molecule has 0 aromatic carbocycles. The van der Waals surface area contributed by atoms with Crippen LogP contribution in [0.3, 0.4) is 0 Å². The fourth-order valence-corrected chi connectivity index (χ4v) is 1.24. The van der Waals surface area contributed by atoms with Crippen molar-refractivity contribution >= 4 is 5.78 Å². The van der Waals surface area contributed by atoms with Crippen molar-refractivity contribution in [2.45, 2.75) is 25.3 Å². The zero-order valence-electron chi connectivity index (χ0n) is 5.97. The molecule has 1 aliphatic rings. The van der Waals surface area contributed by atoms with Crippen LogP contribution in [0.2, 0.25) is 0 Å². The highest BCUT2D eigenvalue weighted by molar-refractivity contribution is 5.84. The lowest BCUT2D eigenvalue weighted by Gasteiger charge is -2.20. The zero-order valence-corrected chi connectivity index (χ0v) is 5.97. The Morgan fingerprint density at radius 2 is 2.40 bits per heavy atom. The Morgan fingerprint density at radius 1 is 1.60 bits per heavy atom. The monoisotopic (exact) mass is 143 g/mol. The van der Waals surface area contributed by atoms with E-state index in [9.17, 15) is 4.79 Å². The first-order chi connectivity index (χ1) is 4.84. The summed E-state index contributed by atoms with van der Waals surface area (Å²) in [5.41, 5.74) is 0. The number of piperidine rings is 1. The van der Waals surface area contributed by atoms with Crippen molar-refractivity contribution in [2.24, 2.45) is 0 Å². The van der Waals surface area contributed by atoms with Crippen LogP contribution < -0.4 is 5.32 Å². The van der Waals surface area contributed by atoms with E-state index in [1.165, 1.54) is 0 Å². The van der Waals surface area contributed by atoms with Gasteiger partial charge in [-0.05, 0) is 19.4 Å². The molecule has 1 fully saturated rings. The van der Waals surface area contributed by atoms with E-state index in [4.69, 9.17) is 5.11 Å². The van der Waals surface area contributed by atoms with Gasteiger partial charge in [-0.2, -0.15) is 0 Å². The highest BCUT2D eigenvalue weighted by atomic mass is 16.3. The smallest absolute Gasteiger partial charge is 0.174 e. The van der Waals surface area contributed by atoms with E-state index < -0.39 is 0 Å². The van der Waals surface area contributed by atoms with E-state index in [0.717, 1.165) is 25.8 Å². The molecule has 3 nitrogen and oxygen atoms in total. The van der Waals surface area contributed by atoms with Crippen LogP contribution in [0.4, 0.5) is 0 Å². The van der Waals surface area contributed by atoms with Gasteiger partial charge in [0.25, 0.3) is 0 Å². The zero-order chi connectivity index (χ0) is 7.40. The number of hydrogen-bond acceptors (Lipinski definition) is 3. The van der Waals surface area contributed by atoms with Gasteiger partial charge in [-0.15, -0.1) is 0 Å². The summed E-state index contributed by atoms with van der Waals surface area (Å²) in [5, 5.41) is 11.6. The molecule has 1 heterocycles. The third-order valence-electron chi connectivity index (χ3n) is 1.85. The quantitative estimate of drug-likeness (QED) is 0.557. The second kappa shape index (κ2) is 3.68. The number of Topliss-reactive ketones (excluding diaryl/α,β-unsaturated/α-hetero) is 1. The molecule has 0 aromatic rings. The van der Waals surface area contributed by atoms with E-state index in [2.05, 4.69) is 5.32 Å². The largest absolute Gasteiger partial charge is 0.389 e. The molecule has 0 radical (unpaired) electrons. The highest BCUT2D eigenvalue weighted by Gasteiger charge is 2.18. The molecule has 0 amide bonds. The standard InChI is InChI=1S/C7H13NO2/c9-5-7(10)6-3-1-2-4-8-6/h6,8-9H,1-5H2. The molecule has 0 aromatic heterocycles. The Labute approximate surface area is 60.4 Å². The van der Waals surface area contributed by atoms with Gasteiger partial charge >= 0.3 is 0 Å². The number of aliphatic hydroxyl groups excluding tert-OH is 1. The van der Waals surface area contributed by atoms with E-state index >= 15 is 0 Å². The third-order valence-corrected chi connectivity index (χ3v) is 1.85. The number of carbonyl (C=O) groups is 1. The molecule has 58 valence electrons. The molecule has 1 rings (SSSR count). The molecule has 3 heteroatoms. The molecule has 1 saturated heterocycles. The molecule has 0 spiro atoms. The molecule has 1 aliphatic heterocycles. The number of rotatable bonds is 2. The van der Waals surface area contributed by atoms with Crippen LogP contribution >= 0.6 is 0 Å². The Bertz CT molecular complexity index is 119. The minimum atomic E-state index is -0.322. The number of nitrogens with one attached hydrogen (secondary N) is 1. The Morgan fingerprint density at radius 3 is 2.90 bits per heavy atom. The van der Waals surface area contributed by atoms with Gasteiger partial charge in [0, 0.05) is 0 Å². The minimum absolute atomic E-state index is 0.0697. The first kappa shape index (κ1) is 7.69. The molecule has 0 aliphatic carbocycles. The van der Waals surface area contributed by atoms with E-state index in [-0.39, 0.29) is 18.4 Å². The van der Waals surface area contributed by atoms with Crippen LogP contribution in [0.25, 0.3) is 0 Å². The van der Waals surface area contributed by atoms with Crippen molar-refractivity contribution in [3.8, 4) is 0 Å². The third kappa shape index (κ3) is 1.78. The summed E-state index contributed by atoms with van der Waals surface area (Å²) in [5.74, 6) is -0.0697. The van der Waals surface area contributed by atoms with Crippen molar-refractivity contribution in [2.75, 3.05) is 13.2 Å². The summed E-state index contributed by atoms with van der Waals surface area (Å²) in [4.78, 5) is 10.9. The SMILES string of the molecule is O=C(CO)C1CCCCN1. The van der Waals surface area contributed by atoms with Crippen LogP contribution in [-0.2, 0) is 4.79 Å². The van der Waals surface area contributed by atoms with Crippen LogP contribution in [0.15, 0.2) is 0 Å². The van der Waals surface area contributed by atoms with Gasteiger partial charge in [-0.1, -0.05) is 6.42 Å². The average molecular weight is 143 g/mol. The second-order valence-corrected chi connectivity index (χ2v) is 2.63. The first-order valence-electron chi connectivity index (χ1n) is 3.71. The van der Waals surface area contributed by atoms with E-state index in [0.29, 0.717) is 0 Å². The van der Waals surface area contributed by atoms with Crippen molar-refractivity contribution < 1.29 is 9.90 Å². The molecule has 2 N–H and O–H groups in total. The molecule has 10 heavy (non-hydrogen) atoms. The second-order valence-electron chi connectivity index (χ2n) is 2.63. The van der Waals surface area contributed by atoms with Crippen molar-refractivity contribution in [1.29, 1.82) is 0 Å². The minimum Gasteiger partial charge on any atom is -0.389 e. The lowest BCUT2D eigenvalue weighted by atomic mass is 10.0. The van der Waals surface area contributed by atoms with Crippen LogP contribution in [-0.4, -0.2) is 30.1 Å². The van der Waals surface area contributed by atoms with Gasteiger partial charge in [-0.3, -0.25) is 4.79 Å². The topological polar surface area (TPSA) is 49.3 Å². The summed E-state index contributed by atoms with van der Waals surface area (Å²) in [6.07, 6.45) is 3.14. The van der Waals surface area contributed by atoms with Gasteiger partial charge in [0.1, 0.15) is 6.61 Å². The summed E-state index contributed by atoms with van der Waals surface area (Å²) in [6.45, 7) is 0.591. The average Bonchev–Trinajstić information content (AvgIpc) is 2.05. The molecule has 0 saturated carbocycles. The molecule has 0 bridgehead atoms. The number of ketones is 1. The number of aliphatic hydroxyl groups is 1. The fourth-order valence-electron chi connectivity index (χ4n) is 1.24. The summed E-state index contributed by atoms with van der Waals surface area (Å²) in [7, 11) is 0. The first-order valence-corrected chi connectivity index (χ1v) is 3.71. The maximum absolute atomic E-state index is 10.9. The summed E-state index contributed by atoms with van der Waals surface area (Å²) >= 11 is 0. The molecular formula is C7H13NO2. The Hall–Kier alpha value is -0.410. The van der Waals surface area contributed by atoms with Crippen molar-refractivity contribution in [3.05, 3.63) is 0 Å². The maximum Gasteiger partial charge on any atom is 0.174 e.